The van der Waals surface area contributed by atoms with Crippen LogP contribution in [-0.2, 0) is 5.41 Å². The molecule has 280 valence electrons. The fraction of sp³-hybridized carbons (Fsp3) is 0.0526. The summed E-state index contributed by atoms with van der Waals surface area (Å²) in [5.74, 6) is 0. The summed E-state index contributed by atoms with van der Waals surface area (Å²) in [5.41, 5.74) is 19.5. The molecule has 1 aromatic heterocycles. The van der Waals surface area contributed by atoms with Crippen molar-refractivity contribution in [3.8, 4) is 55.6 Å². The van der Waals surface area contributed by atoms with Gasteiger partial charge in [-0.3, -0.25) is 0 Å². The molecule has 0 amide bonds. The first-order valence-corrected chi connectivity index (χ1v) is 20.4. The van der Waals surface area contributed by atoms with Gasteiger partial charge in [-0.25, -0.2) is 0 Å². The van der Waals surface area contributed by atoms with E-state index < -0.39 is 0 Å². The minimum absolute atomic E-state index is 0.200. The minimum Gasteiger partial charge on any atom is -0.456 e. The van der Waals surface area contributed by atoms with Crippen LogP contribution in [0.2, 0.25) is 0 Å². The van der Waals surface area contributed by atoms with Crippen molar-refractivity contribution in [2.45, 2.75) is 19.3 Å². The first-order chi connectivity index (χ1) is 29.1. The molecule has 2 nitrogen and oxygen atoms in total. The molecule has 0 fully saturated rings. The molecule has 0 bridgehead atoms. The first-order valence-electron chi connectivity index (χ1n) is 20.4. The van der Waals surface area contributed by atoms with Crippen LogP contribution in [0, 0.1) is 0 Å². The molecule has 0 aliphatic heterocycles. The van der Waals surface area contributed by atoms with Gasteiger partial charge in [0.1, 0.15) is 11.2 Å². The molecule has 0 atom stereocenters. The predicted molar refractivity (Wildman–Crippen MR) is 248 cm³/mol. The van der Waals surface area contributed by atoms with Crippen molar-refractivity contribution < 1.29 is 4.42 Å². The molecule has 0 N–H and O–H groups in total. The van der Waals surface area contributed by atoms with Crippen LogP contribution in [0.3, 0.4) is 0 Å². The number of hydrogen-bond donors (Lipinski definition) is 0. The predicted octanol–water partition coefficient (Wildman–Crippen LogP) is 16.0. The van der Waals surface area contributed by atoms with Crippen LogP contribution in [0.15, 0.2) is 217 Å². The topological polar surface area (TPSA) is 16.4 Å². The molecule has 10 aromatic rings. The Hall–Kier alpha value is -7.42. The highest BCUT2D eigenvalue weighted by molar-refractivity contribution is 6.15. The van der Waals surface area contributed by atoms with Crippen LogP contribution in [0.1, 0.15) is 25.0 Å². The van der Waals surface area contributed by atoms with Gasteiger partial charge in [-0.05, 0) is 86.0 Å². The molecular weight excluding hydrogens is 715 g/mol. The van der Waals surface area contributed by atoms with Gasteiger partial charge in [0.25, 0.3) is 0 Å². The highest BCUT2D eigenvalue weighted by atomic mass is 16.3. The van der Waals surface area contributed by atoms with Gasteiger partial charge in [0.05, 0.1) is 22.4 Å². The highest BCUT2D eigenvalue weighted by Gasteiger charge is 2.38. The van der Waals surface area contributed by atoms with Crippen LogP contribution >= 0.6 is 0 Å². The number of nitrogens with zero attached hydrogens (tertiary/aromatic N) is 1. The van der Waals surface area contributed by atoms with E-state index in [0.717, 1.165) is 61.3 Å². The first kappa shape index (κ1) is 34.8. The van der Waals surface area contributed by atoms with Crippen molar-refractivity contribution in [1.29, 1.82) is 0 Å². The third kappa shape index (κ3) is 5.56. The van der Waals surface area contributed by atoms with Gasteiger partial charge in [0.2, 0.25) is 0 Å². The molecule has 1 aliphatic rings. The molecular formula is C57H41NO. The lowest BCUT2D eigenvalue weighted by molar-refractivity contribution is 0.662. The van der Waals surface area contributed by atoms with Crippen molar-refractivity contribution in [2.24, 2.45) is 0 Å². The molecule has 0 radical (unpaired) electrons. The van der Waals surface area contributed by atoms with Crippen molar-refractivity contribution in [1.82, 2.24) is 0 Å². The van der Waals surface area contributed by atoms with Gasteiger partial charge >= 0.3 is 0 Å². The Bertz CT molecular complexity index is 3190. The maximum atomic E-state index is 6.61. The lowest BCUT2D eigenvalue weighted by Crippen LogP contribution is -2.17. The number of benzene rings is 9. The van der Waals surface area contributed by atoms with Crippen molar-refractivity contribution in [3.63, 3.8) is 0 Å². The second-order valence-corrected chi connectivity index (χ2v) is 16.0. The fourth-order valence-electron chi connectivity index (χ4n) is 9.74. The maximum Gasteiger partial charge on any atom is 0.137 e. The van der Waals surface area contributed by atoms with Crippen LogP contribution in [0.25, 0.3) is 77.6 Å². The largest absolute Gasteiger partial charge is 0.456 e. The van der Waals surface area contributed by atoms with E-state index >= 15 is 0 Å². The summed E-state index contributed by atoms with van der Waals surface area (Å²) in [7, 11) is 0. The van der Waals surface area contributed by atoms with E-state index in [1.54, 1.807) is 0 Å². The molecule has 59 heavy (non-hydrogen) atoms. The number of anilines is 3. The summed E-state index contributed by atoms with van der Waals surface area (Å²) in [6, 6.07) is 76.9. The van der Waals surface area contributed by atoms with E-state index in [1.807, 2.05) is 0 Å². The number of rotatable bonds is 7. The number of para-hydroxylation sites is 2. The summed E-state index contributed by atoms with van der Waals surface area (Å²) in [5, 5.41) is 2.17. The molecule has 1 aliphatic carbocycles. The SMILES string of the molecule is CC1(C)c2ccccc2-c2cccc(-c3ccccc3N(c3cccc(-c4ccccc4)c3-c3ccccc3-c3ccccc3)c3cccc4oc5ccccc5c34)c21. The van der Waals surface area contributed by atoms with E-state index in [9.17, 15) is 0 Å². The van der Waals surface area contributed by atoms with Crippen LogP contribution in [0.5, 0.6) is 0 Å². The molecule has 0 unspecified atom stereocenters. The lowest BCUT2D eigenvalue weighted by Gasteiger charge is -2.33. The molecule has 2 heteroatoms. The van der Waals surface area contributed by atoms with E-state index in [0.29, 0.717) is 0 Å². The summed E-state index contributed by atoms with van der Waals surface area (Å²) in [4.78, 5) is 2.51. The summed E-state index contributed by atoms with van der Waals surface area (Å²) >= 11 is 0. The van der Waals surface area contributed by atoms with Gasteiger partial charge < -0.3 is 9.32 Å². The minimum atomic E-state index is -0.200. The average Bonchev–Trinajstić information content (AvgIpc) is 3.80. The smallest absolute Gasteiger partial charge is 0.137 e. The van der Waals surface area contributed by atoms with E-state index in [-0.39, 0.29) is 5.41 Å². The molecule has 0 saturated carbocycles. The van der Waals surface area contributed by atoms with E-state index in [4.69, 9.17) is 4.42 Å². The van der Waals surface area contributed by atoms with Crippen molar-refractivity contribution >= 4 is 39.0 Å². The lowest BCUT2D eigenvalue weighted by atomic mass is 9.78. The molecule has 0 saturated heterocycles. The van der Waals surface area contributed by atoms with Gasteiger partial charge in [-0.15, -0.1) is 0 Å². The number of hydrogen-bond acceptors (Lipinski definition) is 2. The monoisotopic (exact) mass is 755 g/mol. The third-order valence-electron chi connectivity index (χ3n) is 12.3. The normalized spacial score (nSPS) is 12.7. The zero-order chi connectivity index (χ0) is 39.5. The van der Waals surface area contributed by atoms with Crippen molar-refractivity contribution in [3.05, 3.63) is 223 Å². The fourth-order valence-corrected chi connectivity index (χ4v) is 9.74. The Labute approximate surface area is 345 Å². The van der Waals surface area contributed by atoms with Crippen LogP contribution < -0.4 is 4.90 Å². The molecule has 0 spiro atoms. The van der Waals surface area contributed by atoms with E-state index in [2.05, 4.69) is 231 Å². The second-order valence-electron chi connectivity index (χ2n) is 16.0. The summed E-state index contributed by atoms with van der Waals surface area (Å²) < 4.78 is 6.61. The standard InChI is InChI=1S/C57H41NO/c1-57(2)48-32-14-11-25-42(48)45-30-17-31-46(56(45)57)43-26-12-15-33-49(43)58(51-35-19-37-53-55(51)47-28-13-16-36-52(47)59-53)50-34-18-29-41(39-22-7-4-8-23-39)54(50)44-27-10-9-24-40(44)38-20-5-3-6-21-38/h3-37H,1-2H3. The molecule has 11 rings (SSSR count). The van der Waals surface area contributed by atoms with Gasteiger partial charge in [-0.2, -0.15) is 0 Å². The van der Waals surface area contributed by atoms with E-state index in [1.165, 1.54) is 44.5 Å². The Balaban J connectivity index is 1.27. The number of fused-ring (bicyclic) bond motifs is 6. The Morgan fingerprint density at radius 3 is 1.63 bits per heavy atom. The maximum absolute atomic E-state index is 6.61. The summed E-state index contributed by atoms with van der Waals surface area (Å²) in [6.07, 6.45) is 0. The third-order valence-corrected chi connectivity index (χ3v) is 12.3. The van der Waals surface area contributed by atoms with Gasteiger partial charge in [0, 0.05) is 21.9 Å². The van der Waals surface area contributed by atoms with Gasteiger partial charge in [-0.1, -0.05) is 196 Å². The molecule has 1 heterocycles. The van der Waals surface area contributed by atoms with Crippen molar-refractivity contribution in [2.75, 3.05) is 4.90 Å². The quantitative estimate of drug-likeness (QED) is 0.161. The second kappa shape index (κ2) is 13.9. The van der Waals surface area contributed by atoms with Crippen LogP contribution in [-0.4, -0.2) is 0 Å². The zero-order valence-electron chi connectivity index (χ0n) is 33.1. The van der Waals surface area contributed by atoms with Gasteiger partial charge in [0.15, 0.2) is 0 Å². The Morgan fingerprint density at radius 2 is 0.847 bits per heavy atom. The molecule has 9 aromatic carbocycles. The zero-order valence-corrected chi connectivity index (χ0v) is 33.1. The Kier molecular flexibility index (Phi) is 8.20. The average molecular weight is 756 g/mol. The Morgan fingerprint density at radius 1 is 0.356 bits per heavy atom. The number of furan rings is 1. The summed E-state index contributed by atoms with van der Waals surface area (Å²) in [6.45, 7) is 4.75. The highest BCUT2D eigenvalue weighted by Crippen LogP contribution is 2.56. The van der Waals surface area contributed by atoms with Crippen LogP contribution in [0.4, 0.5) is 17.1 Å².